The Labute approximate surface area is 376 Å². The average Bonchev–Trinajstić information content (AvgIpc) is 3.75. The fraction of sp³-hybridized carbons (Fsp3) is 0.896. The predicted molar refractivity (Wildman–Crippen MR) is 244 cm³/mol. The van der Waals surface area contributed by atoms with Gasteiger partial charge in [-0.25, -0.2) is 23.3 Å². The molecule has 3 saturated carbocycles. The average molecular weight is 893 g/mol. The van der Waals surface area contributed by atoms with Crippen molar-refractivity contribution in [3.05, 3.63) is 0 Å². The lowest BCUT2D eigenvalue weighted by atomic mass is 9.73. The molecule has 3 spiro atoms. The number of piperidine rings is 3. The SMILES string of the molecule is CC(C)(C)OC(=O)N1CCC2(CCCC2=O)CC1.CC1CCC2(CCN(C(=O)OC(C)(C)C)CC2)C1=O.CC1CCC2(CCN(C(=O)OC(C)(C)C)CC2)[C@@H]1N[S@](=O)C(C)(C)C. The van der Waals surface area contributed by atoms with Gasteiger partial charge in [0.2, 0.25) is 0 Å². The molecule has 1 N–H and O–H groups in total. The molecule has 3 aliphatic heterocycles. The van der Waals surface area contributed by atoms with Crippen LogP contribution < -0.4 is 4.72 Å². The van der Waals surface area contributed by atoms with E-state index in [1.807, 2.05) is 94.9 Å². The highest BCUT2D eigenvalue weighted by Crippen LogP contribution is 2.50. The van der Waals surface area contributed by atoms with Crippen LogP contribution in [-0.2, 0) is 34.8 Å². The molecule has 14 heteroatoms. The molecular weight excluding hydrogens is 809 g/mol. The van der Waals surface area contributed by atoms with Gasteiger partial charge in [0.25, 0.3) is 0 Å². The normalized spacial score (nSPS) is 26.4. The molecule has 2 unspecified atom stereocenters. The van der Waals surface area contributed by atoms with Crippen LogP contribution in [0.5, 0.6) is 0 Å². The van der Waals surface area contributed by atoms with E-state index in [4.69, 9.17) is 14.2 Å². The Balaban J connectivity index is 0.000000208. The van der Waals surface area contributed by atoms with Crippen LogP contribution in [0.3, 0.4) is 0 Å². The zero-order chi connectivity index (χ0) is 46.7. The number of carbonyl (C=O) groups excluding carboxylic acids is 5. The summed E-state index contributed by atoms with van der Waals surface area (Å²) in [5.74, 6) is 1.54. The van der Waals surface area contributed by atoms with Gasteiger partial charge in [-0.2, -0.15) is 0 Å². The van der Waals surface area contributed by atoms with E-state index in [0.717, 1.165) is 96.6 Å². The molecule has 3 heterocycles. The first-order chi connectivity index (χ1) is 28.4. The standard InChI is InChI=1S/C19H36N2O3S.C15H25NO3.C14H23NO3/c1-14-8-9-19(15(14)20-25(23)18(5,6)7)10-12-21(13-11-19)16(22)24-17(2,3)4;1-11-5-6-15(12(11)17)7-9-16(10-8-15)13(18)19-14(2,3)4;1-13(2,3)18-12(17)15-9-7-14(8-10-15)6-4-5-11(14)16/h14-15,20H,8-13H2,1-7H3;11H,5-10H2,1-4H3;4-10H2,1-3H3/t14?,15-,25-;;/m1../s1. The van der Waals surface area contributed by atoms with Crippen molar-refractivity contribution in [2.24, 2.45) is 28.1 Å². The highest BCUT2D eigenvalue weighted by Gasteiger charge is 2.51. The van der Waals surface area contributed by atoms with Crippen LogP contribution in [0.2, 0.25) is 0 Å². The highest BCUT2D eigenvalue weighted by atomic mass is 32.2. The second-order valence-electron chi connectivity index (χ2n) is 23.4. The molecular formula is C48H84N4O9S. The Kier molecular flexibility index (Phi) is 16.6. The minimum Gasteiger partial charge on any atom is -0.444 e. The Morgan fingerprint density at radius 1 is 0.581 bits per heavy atom. The number of hydrogen-bond acceptors (Lipinski definition) is 9. The first-order valence-electron chi connectivity index (χ1n) is 23.6. The first kappa shape index (κ1) is 51.9. The second-order valence-corrected chi connectivity index (χ2v) is 25.4. The number of ether oxygens (including phenoxy) is 3. The maximum Gasteiger partial charge on any atom is 0.410 e. The molecule has 0 bridgehead atoms. The highest BCUT2D eigenvalue weighted by molar-refractivity contribution is 7.84. The molecule has 4 atom stereocenters. The lowest BCUT2D eigenvalue weighted by Gasteiger charge is -2.44. The van der Waals surface area contributed by atoms with Gasteiger partial charge in [-0.15, -0.1) is 0 Å². The van der Waals surface area contributed by atoms with Crippen molar-refractivity contribution in [2.45, 2.75) is 208 Å². The van der Waals surface area contributed by atoms with Crippen molar-refractivity contribution < 1.29 is 42.4 Å². The number of Topliss-reactive ketones (excluding diaryl/α,β-unsaturated/α-hetero) is 2. The molecule has 6 rings (SSSR count). The molecule has 0 aromatic heterocycles. The number of likely N-dealkylation sites (tertiary alicyclic amines) is 3. The summed E-state index contributed by atoms with van der Waals surface area (Å²) in [4.78, 5) is 65.7. The van der Waals surface area contributed by atoms with E-state index < -0.39 is 27.8 Å². The van der Waals surface area contributed by atoms with Gasteiger partial charge in [0.05, 0.1) is 15.7 Å². The fourth-order valence-corrected chi connectivity index (χ4v) is 11.2. The number of carbonyl (C=O) groups is 5. The van der Waals surface area contributed by atoms with Crippen molar-refractivity contribution in [3.63, 3.8) is 0 Å². The minimum absolute atomic E-state index is 0.113. The van der Waals surface area contributed by atoms with Gasteiger partial charge in [0.15, 0.2) is 0 Å². The number of rotatable bonds is 2. The number of nitrogens with zero attached hydrogens (tertiary/aromatic N) is 3. The summed E-state index contributed by atoms with van der Waals surface area (Å²) in [6, 6.07) is 0.258. The lowest BCUT2D eigenvalue weighted by molar-refractivity contribution is -0.131. The van der Waals surface area contributed by atoms with Crippen molar-refractivity contribution >= 4 is 40.8 Å². The maximum atomic E-state index is 12.6. The molecule has 6 fully saturated rings. The molecule has 0 aromatic carbocycles. The zero-order valence-electron chi connectivity index (χ0n) is 41.1. The molecule has 356 valence electrons. The van der Waals surface area contributed by atoms with Gasteiger partial charge in [-0.3, -0.25) is 9.59 Å². The van der Waals surface area contributed by atoms with E-state index in [2.05, 4.69) is 11.6 Å². The van der Waals surface area contributed by atoms with E-state index in [1.54, 1.807) is 9.80 Å². The van der Waals surface area contributed by atoms with Crippen molar-refractivity contribution in [1.82, 2.24) is 19.4 Å². The van der Waals surface area contributed by atoms with Crippen LogP contribution in [0.25, 0.3) is 0 Å². The summed E-state index contributed by atoms with van der Waals surface area (Å²) < 4.78 is 32.1. The van der Waals surface area contributed by atoms with E-state index in [-0.39, 0.29) is 51.2 Å². The van der Waals surface area contributed by atoms with Crippen LogP contribution in [0.4, 0.5) is 14.4 Å². The van der Waals surface area contributed by atoms with Gasteiger partial charge >= 0.3 is 18.3 Å². The van der Waals surface area contributed by atoms with Gasteiger partial charge in [0, 0.05) is 68.5 Å². The maximum absolute atomic E-state index is 12.6. The molecule has 3 aliphatic carbocycles. The minimum atomic E-state index is -1.06. The lowest BCUT2D eigenvalue weighted by Crippen LogP contribution is -2.54. The first-order valence-corrected chi connectivity index (χ1v) is 24.7. The van der Waals surface area contributed by atoms with E-state index in [9.17, 15) is 28.2 Å². The third kappa shape index (κ3) is 13.6. The Morgan fingerprint density at radius 2 is 0.984 bits per heavy atom. The number of hydrogen-bond donors (Lipinski definition) is 1. The molecule has 0 radical (unpaired) electrons. The zero-order valence-corrected chi connectivity index (χ0v) is 41.9. The van der Waals surface area contributed by atoms with Crippen molar-refractivity contribution in [2.75, 3.05) is 39.3 Å². The van der Waals surface area contributed by atoms with Gasteiger partial charge in [0.1, 0.15) is 28.4 Å². The molecule has 3 amide bonds. The molecule has 3 saturated heterocycles. The molecule has 13 nitrogen and oxygen atoms in total. The monoisotopic (exact) mass is 893 g/mol. The summed E-state index contributed by atoms with van der Waals surface area (Å²) in [5, 5.41) is 0. The van der Waals surface area contributed by atoms with Crippen LogP contribution in [-0.4, -0.2) is 116 Å². The number of ketones is 2. The number of nitrogens with one attached hydrogen (secondary N) is 1. The largest absolute Gasteiger partial charge is 0.444 e. The van der Waals surface area contributed by atoms with Crippen LogP contribution in [0.15, 0.2) is 0 Å². The molecule has 0 aromatic rings. The van der Waals surface area contributed by atoms with Gasteiger partial charge in [-0.05, 0) is 171 Å². The van der Waals surface area contributed by atoms with E-state index in [0.29, 0.717) is 43.7 Å². The van der Waals surface area contributed by atoms with E-state index >= 15 is 0 Å². The topological polar surface area (TPSA) is 152 Å². The van der Waals surface area contributed by atoms with E-state index in [1.165, 1.54) is 0 Å². The Bertz CT molecular complexity index is 1610. The smallest absolute Gasteiger partial charge is 0.410 e. The summed E-state index contributed by atoms with van der Waals surface area (Å²) in [6.07, 6.45) is 11.5. The summed E-state index contributed by atoms with van der Waals surface area (Å²) >= 11 is 0. The Morgan fingerprint density at radius 3 is 1.32 bits per heavy atom. The van der Waals surface area contributed by atoms with Crippen LogP contribution in [0.1, 0.15) is 180 Å². The van der Waals surface area contributed by atoms with Crippen LogP contribution >= 0.6 is 0 Å². The second kappa shape index (κ2) is 19.8. The third-order valence-corrected chi connectivity index (χ3v) is 15.5. The van der Waals surface area contributed by atoms with Crippen molar-refractivity contribution in [1.29, 1.82) is 0 Å². The van der Waals surface area contributed by atoms with Gasteiger partial charge < -0.3 is 28.9 Å². The quantitative estimate of drug-likeness (QED) is 0.267. The summed E-state index contributed by atoms with van der Waals surface area (Å²) in [6.45, 7) is 31.3. The summed E-state index contributed by atoms with van der Waals surface area (Å²) in [5.41, 5.74) is -1.46. The van der Waals surface area contributed by atoms with Gasteiger partial charge in [-0.1, -0.05) is 13.8 Å². The Hall–Kier alpha value is -2.74. The fourth-order valence-electron chi connectivity index (χ4n) is 10.2. The number of amides is 3. The molecule has 62 heavy (non-hydrogen) atoms. The third-order valence-electron chi connectivity index (χ3n) is 13.9. The predicted octanol–water partition coefficient (Wildman–Crippen LogP) is 9.61. The summed E-state index contributed by atoms with van der Waals surface area (Å²) in [7, 11) is -1.06. The van der Waals surface area contributed by atoms with Crippen LogP contribution in [0, 0.1) is 28.1 Å². The van der Waals surface area contributed by atoms with Crippen molar-refractivity contribution in [3.8, 4) is 0 Å². The molecule has 6 aliphatic rings.